The molecule has 0 radical (unpaired) electrons. The van der Waals surface area contributed by atoms with Gasteiger partial charge in [-0.3, -0.25) is 14.6 Å². The van der Waals surface area contributed by atoms with Gasteiger partial charge in [0.05, 0.1) is 6.61 Å². The van der Waals surface area contributed by atoms with Crippen molar-refractivity contribution in [2.75, 3.05) is 25.2 Å². The van der Waals surface area contributed by atoms with E-state index < -0.39 is 0 Å². The average Bonchev–Trinajstić information content (AvgIpc) is 2.84. The summed E-state index contributed by atoms with van der Waals surface area (Å²) in [7, 11) is 1.63. The molecule has 1 aromatic heterocycles. The summed E-state index contributed by atoms with van der Waals surface area (Å²) in [6.07, 6.45) is 3.37. The smallest absolute Gasteiger partial charge is 0.226 e. The van der Waals surface area contributed by atoms with Crippen LogP contribution in [0.25, 0.3) is 11.1 Å². The maximum Gasteiger partial charge on any atom is 0.226 e. The van der Waals surface area contributed by atoms with Gasteiger partial charge in [-0.2, -0.15) is 0 Å². The number of anilines is 1. The second kappa shape index (κ2) is 11.3. The third-order valence-corrected chi connectivity index (χ3v) is 5.58. The lowest BCUT2D eigenvalue weighted by Crippen LogP contribution is -2.33. The Morgan fingerprint density at radius 3 is 2.22 bits per heavy atom. The Morgan fingerprint density at radius 1 is 0.969 bits per heavy atom. The first-order chi connectivity index (χ1) is 15.5. The van der Waals surface area contributed by atoms with E-state index in [-0.39, 0.29) is 11.7 Å². The number of carbonyl (C=O) groups is 2. The molecule has 0 aliphatic carbocycles. The Morgan fingerprint density at radius 2 is 1.62 bits per heavy atom. The molecule has 0 saturated carbocycles. The second-order valence-electron chi connectivity index (χ2n) is 7.69. The maximum absolute atomic E-state index is 12.6. The number of rotatable bonds is 10. The number of benzene rings is 2. The van der Waals surface area contributed by atoms with Crippen LogP contribution in [0.4, 0.5) is 5.69 Å². The first kappa shape index (κ1) is 23.4. The standard InChI is InChI=1S/C27H30N2O3/c1-4-27(31)29(18-19-32-3)25-14-11-23(12-15-25)22-7-9-24(10-8-22)26(30)16-13-21-6-5-17-28-20(21)2/h5-12,14-15,17H,4,13,16,18-19H2,1-3H3. The molecule has 0 N–H and O–H groups in total. The number of hydrogen-bond donors (Lipinski definition) is 0. The fraction of sp³-hybridized carbons (Fsp3) is 0.296. The molecule has 166 valence electrons. The van der Waals surface area contributed by atoms with Crippen LogP contribution in [0.15, 0.2) is 66.9 Å². The number of Topliss-reactive ketones (excluding diaryl/α,β-unsaturated/α-hetero) is 1. The van der Waals surface area contributed by atoms with Crippen molar-refractivity contribution in [2.24, 2.45) is 0 Å². The highest BCUT2D eigenvalue weighted by Crippen LogP contribution is 2.24. The van der Waals surface area contributed by atoms with Gasteiger partial charge < -0.3 is 9.64 Å². The number of ether oxygens (including phenoxy) is 1. The molecule has 1 heterocycles. The maximum atomic E-state index is 12.6. The van der Waals surface area contributed by atoms with Crippen LogP contribution in [-0.4, -0.2) is 36.9 Å². The van der Waals surface area contributed by atoms with Crippen LogP contribution >= 0.6 is 0 Å². The molecule has 0 aliphatic heterocycles. The van der Waals surface area contributed by atoms with E-state index in [1.54, 1.807) is 18.2 Å². The number of hydrogen-bond acceptors (Lipinski definition) is 4. The third-order valence-electron chi connectivity index (χ3n) is 5.58. The molecule has 32 heavy (non-hydrogen) atoms. The minimum atomic E-state index is 0.0687. The Hall–Kier alpha value is -3.31. The number of aryl methyl sites for hydroxylation is 2. The highest BCUT2D eigenvalue weighted by molar-refractivity contribution is 5.96. The van der Waals surface area contributed by atoms with E-state index in [4.69, 9.17) is 4.74 Å². The van der Waals surface area contributed by atoms with Crippen LogP contribution in [-0.2, 0) is 16.0 Å². The van der Waals surface area contributed by atoms with Crippen LogP contribution in [0.3, 0.4) is 0 Å². The number of nitrogens with zero attached hydrogens (tertiary/aromatic N) is 2. The molecule has 1 amide bonds. The highest BCUT2D eigenvalue weighted by Gasteiger charge is 2.14. The molecule has 0 atom stereocenters. The number of ketones is 1. The van der Waals surface area contributed by atoms with Crippen LogP contribution in [0.5, 0.6) is 0 Å². The van der Waals surface area contributed by atoms with E-state index in [9.17, 15) is 9.59 Å². The molecule has 3 rings (SSSR count). The van der Waals surface area contributed by atoms with E-state index in [1.807, 2.05) is 74.5 Å². The summed E-state index contributed by atoms with van der Waals surface area (Å²) in [4.78, 5) is 30.9. The lowest BCUT2D eigenvalue weighted by molar-refractivity contribution is -0.118. The summed E-state index contributed by atoms with van der Waals surface area (Å²) >= 11 is 0. The quantitative estimate of drug-likeness (QED) is 0.412. The summed E-state index contributed by atoms with van der Waals surface area (Å²) < 4.78 is 5.14. The van der Waals surface area contributed by atoms with E-state index in [0.717, 1.165) is 28.1 Å². The van der Waals surface area contributed by atoms with Gasteiger partial charge in [0.15, 0.2) is 5.78 Å². The van der Waals surface area contributed by atoms with Crippen molar-refractivity contribution < 1.29 is 14.3 Å². The Kier molecular flexibility index (Phi) is 8.28. The van der Waals surface area contributed by atoms with Gasteiger partial charge in [0.25, 0.3) is 0 Å². The van der Waals surface area contributed by atoms with Crippen LogP contribution in [0.1, 0.15) is 41.4 Å². The fourth-order valence-corrected chi connectivity index (χ4v) is 3.63. The zero-order valence-electron chi connectivity index (χ0n) is 19.0. The predicted octanol–water partition coefficient (Wildman–Crippen LogP) is 5.26. The normalized spacial score (nSPS) is 10.7. The van der Waals surface area contributed by atoms with E-state index >= 15 is 0 Å². The van der Waals surface area contributed by atoms with Crippen molar-refractivity contribution in [1.82, 2.24) is 4.98 Å². The second-order valence-corrected chi connectivity index (χ2v) is 7.69. The van der Waals surface area contributed by atoms with E-state index in [1.165, 1.54) is 0 Å². The van der Waals surface area contributed by atoms with Gasteiger partial charge in [0, 0.05) is 49.6 Å². The molecule has 2 aromatic carbocycles. The van der Waals surface area contributed by atoms with Crippen LogP contribution in [0.2, 0.25) is 0 Å². The summed E-state index contributed by atoms with van der Waals surface area (Å²) in [5.74, 6) is 0.196. The topological polar surface area (TPSA) is 59.5 Å². The average molecular weight is 431 g/mol. The Bertz CT molecular complexity index is 1040. The van der Waals surface area contributed by atoms with Gasteiger partial charge >= 0.3 is 0 Å². The first-order valence-electron chi connectivity index (χ1n) is 11.0. The monoisotopic (exact) mass is 430 g/mol. The molecule has 5 nitrogen and oxygen atoms in total. The summed E-state index contributed by atoms with van der Waals surface area (Å²) in [5.41, 5.74) is 5.72. The predicted molar refractivity (Wildman–Crippen MR) is 128 cm³/mol. The van der Waals surface area contributed by atoms with Gasteiger partial charge in [-0.05, 0) is 48.2 Å². The van der Waals surface area contributed by atoms with Crippen molar-refractivity contribution >= 4 is 17.4 Å². The van der Waals surface area contributed by atoms with Gasteiger partial charge in [0.1, 0.15) is 0 Å². The van der Waals surface area contributed by atoms with E-state index in [0.29, 0.717) is 38.0 Å². The van der Waals surface area contributed by atoms with Crippen molar-refractivity contribution in [3.8, 4) is 11.1 Å². The lowest BCUT2D eigenvalue weighted by Gasteiger charge is -2.22. The minimum Gasteiger partial charge on any atom is -0.383 e. The molecule has 0 unspecified atom stereocenters. The molecule has 0 fully saturated rings. The number of methoxy groups -OCH3 is 1. The molecule has 3 aromatic rings. The van der Waals surface area contributed by atoms with Crippen LogP contribution in [0, 0.1) is 6.92 Å². The molecular formula is C27H30N2O3. The van der Waals surface area contributed by atoms with E-state index in [2.05, 4.69) is 4.98 Å². The summed E-state index contributed by atoms with van der Waals surface area (Å²) in [6, 6.07) is 19.5. The number of aromatic nitrogens is 1. The highest BCUT2D eigenvalue weighted by atomic mass is 16.5. The zero-order valence-corrected chi connectivity index (χ0v) is 19.0. The summed E-state index contributed by atoms with van der Waals surface area (Å²) in [5, 5.41) is 0. The van der Waals surface area contributed by atoms with Gasteiger partial charge in [-0.1, -0.05) is 49.4 Å². The SMILES string of the molecule is CCC(=O)N(CCOC)c1ccc(-c2ccc(C(=O)CCc3cccnc3C)cc2)cc1. The van der Waals surface area contributed by atoms with Crippen molar-refractivity contribution in [2.45, 2.75) is 33.1 Å². The number of pyridine rings is 1. The molecular weight excluding hydrogens is 400 g/mol. The van der Waals surface area contributed by atoms with Crippen molar-refractivity contribution in [3.05, 3.63) is 83.7 Å². The molecule has 0 spiro atoms. The Balaban J connectivity index is 1.66. The molecule has 5 heteroatoms. The van der Waals surface area contributed by atoms with Crippen molar-refractivity contribution in [1.29, 1.82) is 0 Å². The molecule has 0 bridgehead atoms. The number of carbonyl (C=O) groups excluding carboxylic acids is 2. The summed E-state index contributed by atoms with van der Waals surface area (Å²) in [6.45, 7) is 4.84. The van der Waals surface area contributed by atoms with Gasteiger partial charge in [0.2, 0.25) is 5.91 Å². The van der Waals surface area contributed by atoms with Crippen LogP contribution < -0.4 is 4.90 Å². The largest absolute Gasteiger partial charge is 0.383 e. The molecule has 0 saturated heterocycles. The lowest BCUT2D eigenvalue weighted by atomic mass is 9.99. The third kappa shape index (κ3) is 5.89. The first-order valence-corrected chi connectivity index (χ1v) is 11.0. The number of amides is 1. The fourth-order valence-electron chi connectivity index (χ4n) is 3.63. The van der Waals surface area contributed by atoms with Gasteiger partial charge in [-0.15, -0.1) is 0 Å². The Labute approximate surface area is 190 Å². The zero-order chi connectivity index (χ0) is 22.9. The molecule has 0 aliphatic rings. The van der Waals surface area contributed by atoms with Gasteiger partial charge in [-0.25, -0.2) is 0 Å². The minimum absolute atomic E-state index is 0.0687. The van der Waals surface area contributed by atoms with Crippen molar-refractivity contribution in [3.63, 3.8) is 0 Å².